The summed E-state index contributed by atoms with van der Waals surface area (Å²) in [5.74, 6) is 0.350. The van der Waals surface area contributed by atoms with Gasteiger partial charge in [-0.3, -0.25) is 37.3 Å². The quantitative estimate of drug-likeness (QED) is 0.0222. The van der Waals surface area contributed by atoms with Gasteiger partial charge in [-0.2, -0.15) is 0 Å². The lowest BCUT2D eigenvalue weighted by Gasteiger charge is -2.21. The van der Waals surface area contributed by atoms with E-state index in [-0.39, 0.29) is 25.7 Å². The number of esters is 4. The van der Waals surface area contributed by atoms with Gasteiger partial charge in [0, 0.05) is 25.7 Å². The molecular weight excluding hydrogens is 1400 g/mol. The number of aliphatic hydroxyl groups excluding tert-OH is 1. The zero-order chi connectivity index (χ0) is 79.3. The van der Waals surface area contributed by atoms with E-state index in [0.717, 1.165) is 108 Å². The Kier molecular flexibility index (Phi) is 77.5. The Labute approximate surface area is 664 Å². The van der Waals surface area contributed by atoms with Crippen molar-refractivity contribution in [2.24, 2.45) is 17.8 Å². The average molecular weight is 1580 g/mol. The molecule has 0 saturated heterocycles. The van der Waals surface area contributed by atoms with Gasteiger partial charge in [0.1, 0.15) is 19.3 Å². The first-order valence-electron chi connectivity index (χ1n) is 45.9. The van der Waals surface area contributed by atoms with Crippen molar-refractivity contribution >= 4 is 39.5 Å². The zero-order valence-corrected chi connectivity index (χ0v) is 73.1. The Morgan fingerprint density at radius 2 is 0.472 bits per heavy atom. The number of phosphoric ester groups is 2. The van der Waals surface area contributed by atoms with E-state index in [2.05, 4.69) is 48.5 Å². The molecular formula is C89H174O17P2. The van der Waals surface area contributed by atoms with Gasteiger partial charge in [-0.1, -0.05) is 421 Å². The predicted molar refractivity (Wildman–Crippen MR) is 446 cm³/mol. The summed E-state index contributed by atoms with van der Waals surface area (Å²) in [5.41, 5.74) is 0. The molecule has 108 heavy (non-hydrogen) atoms. The van der Waals surface area contributed by atoms with Gasteiger partial charge in [-0.05, 0) is 43.4 Å². The summed E-state index contributed by atoms with van der Waals surface area (Å²) in [4.78, 5) is 73.4. The van der Waals surface area contributed by atoms with Gasteiger partial charge in [0.25, 0.3) is 0 Å². The minimum absolute atomic E-state index is 0.107. The highest BCUT2D eigenvalue weighted by molar-refractivity contribution is 7.47. The van der Waals surface area contributed by atoms with E-state index in [1.807, 2.05) is 0 Å². The van der Waals surface area contributed by atoms with Crippen molar-refractivity contribution in [1.29, 1.82) is 0 Å². The van der Waals surface area contributed by atoms with Gasteiger partial charge in [0.05, 0.1) is 26.4 Å². The topological polar surface area (TPSA) is 237 Å². The molecule has 0 amide bonds. The SMILES string of the molecule is CCCCCCCCCCCCCCCC(=O)OC[C@H](COP(=O)(O)OC[C@H](O)COP(=O)(O)OC[C@@H](COC(=O)CCCCCCCCCCCCCCCCCCC(C)C)OC(=O)CCCCCCCCCCCCCCCCCCCCC(C)CC)OC(=O)CCCCCCCCCCCCCC(C)C. The van der Waals surface area contributed by atoms with Gasteiger partial charge < -0.3 is 33.8 Å². The minimum Gasteiger partial charge on any atom is -0.462 e. The number of phosphoric acid groups is 2. The molecule has 6 atom stereocenters. The smallest absolute Gasteiger partial charge is 0.462 e. The van der Waals surface area contributed by atoms with E-state index in [9.17, 15) is 43.2 Å². The maximum Gasteiger partial charge on any atom is 0.472 e. The van der Waals surface area contributed by atoms with Crippen LogP contribution in [0.4, 0.5) is 0 Å². The molecule has 642 valence electrons. The van der Waals surface area contributed by atoms with E-state index in [0.29, 0.717) is 25.7 Å². The van der Waals surface area contributed by atoms with Crippen LogP contribution in [0.25, 0.3) is 0 Å². The maximum absolute atomic E-state index is 13.2. The number of ether oxygens (including phenoxy) is 4. The standard InChI is InChI=1S/C89H174O17P2/c1-8-10-11-12-13-14-15-26-35-42-49-56-63-70-86(91)99-77-85(106-89(94)73-66-59-52-45-38-31-33-40-47-54-61-68-81(5)6)79-104-108(97,98)102-75-83(90)74-101-107(95,96)103-78-84(76-100-87(92)71-64-57-50-43-36-29-24-21-20-22-27-32-39-46-53-60-67-80(3)4)105-88(93)72-65-58-51-44-37-30-25-19-17-16-18-23-28-34-41-48-55-62-69-82(7)9-2/h80-85,90H,8-79H2,1-7H3,(H,95,96)(H,97,98)/t82?,83-,84-,85-/m1/s1. The first-order valence-corrected chi connectivity index (χ1v) is 48.9. The van der Waals surface area contributed by atoms with Crippen molar-refractivity contribution < 1.29 is 80.2 Å². The average Bonchev–Trinajstić information content (AvgIpc) is 0.899. The molecule has 0 aromatic rings. The summed E-state index contributed by atoms with van der Waals surface area (Å²) < 4.78 is 69.0. The van der Waals surface area contributed by atoms with Crippen LogP contribution < -0.4 is 0 Å². The fourth-order valence-corrected chi connectivity index (χ4v) is 15.4. The fourth-order valence-electron chi connectivity index (χ4n) is 13.9. The largest absolute Gasteiger partial charge is 0.472 e. The Morgan fingerprint density at radius 3 is 0.704 bits per heavy atom. The van der Waals surface area contributed by atoms with E-state index >= 15 is 0 Å². The molecule has 3 unspecified atom stereocenters. The molecule has 17 nitrogen and oxygen atoms in total. The number of rotatable bonds is 87. The molecule has 0 bridgehead atoms. The molecule has 0 aliphatic rings. The summed E-state index contributed by atoms with van der Waals surface area (Å²) in [6, 6.07) is 0. The van der Waals surface area contributed by atoms with Crippen molar-refractivity contribution in [3.8, 4) is 0 Å². The Hall–Kier alpha value is -1.94. The molecule has 0 aliphatic carbocycles. The summed E-state index contributed by atoms with van der Waals surface area (Å²) in [7, 11) is -9.93. The molecule has 0 aromatic heterocycles. The lowest BCUT2D eigenvalue weighted by atomic mass is 9.99. The van der Waals surface area contributed by atoms with Gasteiger partial charge in [-0.25, -0.2) is 9.13 Å². The summed E-state index contributed by atoms with van der Waals surface area (Å²) in [6.07, 6.45) is 70.7. The Bertz CT molecular complexity index is 2080. The first kappa shape index (κ1) is 106. The third-order valence-electron chi connectivity index (χ3n) is 21.2. The molecule has 0 radical (unpaired) electrons. The minimum atomic E-state index is -4.97. The van der Waals surface area contributed by atoms with E-state index in [4.69, 9.17) is 37.0 Å². The third-order valence-corrected chi connectivity index (χ3v) is 23.1. The lowest BCUT2D eigenvalue weighted by Crippen LogP contribution is -2.30. The maximum atomic E-state index is 13.2. The lowest BCUT2D eigenvalue weighted by molar-refractivity contribution is -0.161. The second-order valence-electron chi connectivity index (χ2n) is 33.2. The monoisotopic (exact) mass is 1580 g/mol. The molecule has 0 aromatic carbocycles. The van der Waals surface area contributed by atoms with Crippen molar-refractivity contribution in [3.05, 3.63) is 0 Å². The first-order chi connectivity index (χ1) is 52.3. The van der Waals surface area contributed by atoms with E-state index < -0.39 is 97.5 Å². The second-order valence-corrected chi connectivity index (χ2v) is 36.1. The van der Waals surface area contributed by atoms with E-state index in [1.165, 1.54) is 283 Å². The van der Waals surface area contributed by atoms with Crippen LogP contribution in [-0.4, -0.2) is 96.7 Å². The third kappa shape index (κ3) is 80.7. The number of hydrogen-bond acceptors (Lipinski definition) is 15. The second kappa shape index (κ2) is 78.9. The van der Waals surface area contributed by atoms with Crippen LogP contribution in [0.1, 0.15) is 472 Å². The van der Waals surface area contributed by atoms with Crippen molar-refractivity contribution in [1.82, 2.24) is 0 Å². The molecule has 0 aliphatic heterocycles. The Balaban J connectivity index is 5.25. The highest BCUT2D eigenvalue weighted by Gasteiger charge is 2.31. The van der Waals surface area contributed by atoms with Gasteiger partial charge in [0.2, 0.25) is 0 Å². The number of carbonyl (C=O) groups excluding carboxylic acids is 4. The highest BCUT2D eigenvalue weighted by Crippen LogP contribution is 2.45. The van der Waals surface area contributed by atoms with Crippen LogP contribution >= 0.6 is 15.6 Å². The molecule has 0 heterocycles. The number of carbonyl (C=O) groups is 4. The van der Waals surface area contributed by atoms with Gasteiger partial charge in [0.15, 0.2) is 12.2 Å². The van der Waals surface area contributed by atoms with Crippen LogP contribution in [0.2, 0.25) is 0 Å². The summed E-state index contributed by atoms with van der Waals surface area (Å²) >= 11 is 0. The van der Waals surface area contributed by atoms with Crippen molar-refractivity contribution in [2.75, 3.05) is 39.6 Å². The molecule has 19 heteroatoms. The molecule has 0 saturated carbocycles. The van der Waals surface area contributed by atoms with E-state index in [1.54, 1.807) is 0 Å². The predicted octanol–water partition coefficient (Wildman–Crippen LogP) is 27.3. The zero-order valence-electron chi connectivity index (χ0n) is 71.3. The molecule has 0 fully saturated rings. The van der Waals surface area contributed by atoms with Crippen molar-refractivity contribution in [3.63, 3.8) is 0 Å². The van der Waals surface area contributed by atoms with Crippen LogP contribution in [0, 0.1) is 17.8 Å². The van der Waals surface area contributed by atoms with Gasteiger partial charge >= 0.3 is 39.5 Å². The molecule has 0 rings (SSSR count). The normalized spacial score (nSPS) is 14.1. The van der Waals surface area contributed by atoms with Crippen LogP contribution in [0.3, 0.4) is 0 Å². The highest BCUT2D eigenvalue weighted by atomic mass is 31.2. The summed E-state index contributed by atoms with van der Waals surface area (Å²) in [6.45, 7) is 12.1. The van der Waals surface area contributed by atoms with Gasteiger partial charge in [-0.15, -0.1) is 0 Å². The fraction of sp³-hybridized carbons (Fsp3) is 0.955. The van der Waals surface area contributed by atoms with Crippen LogP contribution in [-0.2, 0) is 65.4 Å². The number of hydrogen-bond donors (Lipinski definition) is 3. The Morgan fingerprint density at radius 1 is 0.269 bits per heavy atom. The molecule has 3 N–H and O–H groups in total. The van der Waals surface area contributed by atoms with Crippen LogP contribution in [0.5, 0.6) is 0 Å². The molecule has 0 spiro atoms. The number of aliphatic hydroxyl groups is 1. The number of unbranched alkanes of at least 4 members (excludes halogenated alkanes) is 54. The summed E-state index contributed by atoms with van der Waals surface area (Å²) in [5, 5.41) is 10.7. The van der Waals surface area contributed by atoms with Crippen molar-refractivity contribution in [2.45, 2.75) is 491 Å². The van der Waals surface area contributed by atoms with Crippen LogP contribution in [0.15, 0.2) is 0 Å².